The minimum Gasteiger partial charge on any atom is -0.497 e. The SMILES string of the molecule is COc1ccc(-n2ccc([C@]3(O)C(=O)N(C)c4ccccc43)c2)cc1. The zero-order valence-corrected chi connectivity index (χ0v) is 14.0. The van der Waals surface area contributed by atoms with Gasteiger partial charge < -0.3 is 19.3 Å². The summed E-state index contributed by atoms with van der Waals surface area (Å²) in [6.45, 7) is 0. The number of para-hydroxylation sites is 1. The van der Waals surface area contributed by atoms with Gasteiger partial charge in [-0.05, 0) is 36.4 Å². The van der Waals surface area contributed by atoms with Crippen molar-refractivity contribution in [3.63, 3.8) is 0 Å². The summed E-state index contributed by atoms with van der Waals surface area (Å²) < 4.78 is 7.05. The summed E-state index contributed by atoms with van der Waals surface area (Å²) in [5.74, 6) is 0.428. The van der Waals surface area contributed by atoms with Crippen molar-refractivity contribution in [2.75, 3.05) is 19.1 Å². The van der Waals surface area contributed by atoms with Crippen molar-refractivity contribution in [2.24, 2.45) is 0 Å². The minimum absolute atomic E-state index is 0.346. The first kappa shape index (κ1) is 15.5. The molecule has 126 valence electrons. The van der Waals surface area contributed by atoms with Gasteiger partial charge in [0.2, 0.25) is 0 Å². The number of ether oxygens (including phenoxy) is 1. The highest BCUT2D eigenvalue weighted by atomic mass is 16.5. The maximum absolute atomic E-state index is 12.8. The third-order valence-corrected chi connectivity index (χ3v) is 4.75. The number of methoxy groups -OCH3 is 1. The van der Waals surface area contributed by atoms with E-state index in [0.717, 1.165) is 17.1 Å². The Hall–Kier alpha value is -3.05. The number of hydrogen-bond donors (Lipinski definition) is 1. The standard InChI is InChI=1S/C20H18N2O3/c1-21-18-6-4-3-5-17(18)20(24,19(21)23)14-11-12-22(13-14)15-7-9-16(25-2)10-8-15/h3-13,24H,1-2H3/t20-/m1/s1. The van der Waals surface area contributed by atoms with E-state index in [4.69, 9.17) is 4.74 Å². The molecule has 0 saturated carbocycles. The number of anilines is 1. The van der Waals surface area contributed by atoms with Crippen LogP contribution in [0.25, 0.3) is 5.69 Å². The number of rotatable bonds is 3. The number of amides is 1. The van der Waals surface area contributed by atoms with Gasteiger partial charge in [-0.25, -0.2) is 0 Å². The van der Waals surface area contributed by atoms with Crippen molar-refractivity contribution in [1.29, 1.82) is 0 Å². The molecular weight excluding hydrogens is 316 g/mol. The fraction of sp³-hybridized carbons (Fsp3) is 0.150. The molecule has 0 aliphatic carbocycles. The van der Waals surface area contributed by atoms with Crippen molar-refractivity contribution in [2.45, 2.75) is 5.60 Å². The second-order valence-electron chi connectivity index (χ2n) is 6.10. The molecular formula is C20H18N2O3. The van der Waals surface area contributed by atoms with Crippen LogP contribution in [-0.4, -0.2) is 29.7 Å². The summed E-state index contributed by atoms with van der Waals surface area (Å²) in [5.41, 5.74) is 1.14. The maximum Gasteiger partial charge on any atom is 0.268 e. The first-order valence-corrected chi connectivity index (χ1v) is 7.98. The van der Waals surface area contributed by atoms with Crippen molar-refractivity contribution in [1.82, 2.24) is 4.57 Å². The van der Waals surface area contributed by atoms with Crippen LogP contribution in [0.5, 0.6) is 5.75 Å². The Bertz CT molecular complexity index is 946. The van der Waals surface area contributed by atoms with Crippen LogP contribution in [0.1, 0.15) is 11.1 Å². The van der Waals surface area contributed by atoms with E-state index in [9.17, 15) is 9.90 Å². The van der Waals surface area contributed by atoms with Gasteiger partial charge in [0, 0.05) is 36.3 Å². The van der Waals surface area contributed by atoms with Crippen molar-refractivity contribution < 1.29 is 14.6 Å². The van der Waals surface area contributed by atoms with Crippen LogP contribution in [-0.2, 0) is 10.4 Å². The van der Waals surface area contributed by atoms with Crippen molar-refractivity contribution >= 4 is 11.6 Å². The number of aromatic nitrogens is 1. The lowest BCUT2D eigenvalue weighted by molar-refractivity contribution is -0.131. The van der Waals surface area contributed by atoms with E-state index in [1.54, 1.807) is 32.5 Å². The Labute approximate surface area is 145 Å². The molecule has 0 spiro atoms. The Morgan fingerprint density at radius 3 is 2.48 bits per heavy atom. The lowest BCUT2D eigenvalue weighted by Gasteiger charge is -2.20. The van der Waals surface area contributed by atoms with Gasteiger partial charge >= 0.3 is 0 Å². The van der Waals surface area contributed by atoms with Crippen LogP contribution in [0, 0.1) is 0 Å². The van der Waals surface area contributed by atoms with Gasteiger partial charge in [0.1, 0.15) is 5.75 Å². The molecule has 5 nitrogen and oxygen atoms in total. The topological polar surface area (TPSA) is 54.7 Å². The summed E-state index contributed by atoms with van der Waals surface area (Å²) in [6, 6.07) is 16.7. The van der Waals surface area contributed by atoms with E-state index in [2.05, 4.69) is 0 Å². The number of carbonyl (C=O) groups is 1. The lowest BCUT2D eigenvalue weighted by Crippen LogP contribution is -2.39. The van der Waals surface area contributed by atoms with Gasteiger partial charge in [0.15, 0.2) is 5.60 Å². The van der Waals surface area contributed by atoms with Gasteiger partial charge in [-0.2, -0.15) is 0 Å². The van der Waals surface area contributed by atoms with Crippen LogP contribution in [0.15, 0.2) is 67.0 Å². The molecule has 0 unspecified atom stereocenters. The molecule has 3 aromatic rings. The number of hydrogen-bond acceptors (Lipinski definition) is 3. The van der Waals surface area contributed by atoms with Gasteiger partial charge in [-0.1, -0.05) is 18.2 Å². The Morgan fingerprint density at radius 1 is 1.04 bits per heavy atom. The van der Waals surface area contributed by atoms with E-state index in [-0.39, 0.29) is 5.91 Å². The third kappa shape index (κ3) is 2.16. The zero-order valence-electron chi connectivity index (χ0n) is 14.0. The van der Waals surface area contributed by atoms with Gasteiger partial charge in [0.05, 0.1) is 12.8 Å². The number of likely N-dealkylation sites (N-methyl/N-ethyl adjacent to an activating group) is 1. The van der Waals surface area contributed by atoms with Crippen LogP contribution >= 0.6 is 0 Å². The first-order chi connectivity index (χ1) is 12.1. The number of nitrogens with zero attached hydrogens (tertiary/aromatic N) is 2. The van der Waals surface area contributed by atoms with Crippen molar-refractivity contribution in [3.05, 3.63) is 78.1 Å². The second-order valence-corrected chi connectivity index (χ2v) is 6.10. The quantitative estimate of drug-likeness (QED) is 0.801. The monoisotopic (exact) mass is 334 g/mol. The number of fused-ring (bicyclic) bond motifs is 1. The summed E-state index contributed by atoms with van der Waals surface area (Å²) >= 11 is 0. The second kappa shape index (κ2) is 5.50. The van der Waals surface area contributed by atoms with E-state index < -0.39 is 5.60 Å². The highest BCUT2D eigenvalue weighted by Crippen LogP contribution is 2.43. The van der Waals surface area contributed by atoms with E-state index >= 15 is 0 Å². The summed E-state index contributed by atoms with van der Waals surface area (Å²) in [5, 5.41) is 11.3. The average Bonchev–Trinajstić information content (AvgIpc) is 3.23. The molecule has 2 aromatic carbocycles. The predicted molar refractivity (Wildman–Crippen MR) is 95.2 cm³/mol. The molecule has 1 aliphatic rings. The Morgan fingerprint density at radius 2 is 1.76 bits per heavy atom. The highest BCUT2D eigenvalue weighted by molar-refractivity contribution is 6.08. The van der Waals surface area contributed by atoms with Crippen molar-refractivity contribution in [3.8, 4) is 11.4 Å². The molecule has 0 saturated heterocycles. The Kier molecular flexibility index (Phi) is 3.40. The van der Waals surface area contributed by atoms with Gasteiger partial charge in [-0.3, -0.25) is 4.79 Å². The Balaban J connectivity index is 1.78. The lowest BCUT2D eigenvalue weighted by atomic mass is 9.89. The normalized spacial score (nSPS) is 19.2. The molecule has 0 radical (unpaired) electrons. The van der Waals surface area contributed by atoms with Crippen LogP contribution in [0.3, 0.4) is 0 Å². The molecule has 1 atom stereocenters. The average molecular weight is 334 g/mol. The summed E-state index contributed by atoms with van der Waals surface area (Å²) in [6.07, 6.45) is 3.62. The van der Waals surface area contributed by atoms with Gasteiger partial charge in [-0.15, -0.1) is 0 Å². The highest BCUT2D eigenvalue weighted by Gasteiger charge is 2.50. The molecule has 2 heterocycles. The molecule has 1 aromatic heterocycles. The molecule has 5 heteroatoms. The van der Waals surface area contributed by atoms with E-state index in [0.29, 0.717) is 11.1 Å². The maximum atomic E-state index is 12.8. The molecule has 1 N–H and O–H groups in total. The van der Waals surface area contributed by atoms with Crippen LogP contribution in [0.4, 0.5) is 5.69 Å². The van der Waals surface area contributed by atoms with E-state index in [1.165, 1.54) is 4.90 Å². The van der Waals surface area contributed by atoms with Gasteiger partial charge in [0.25, 0.3) is 5.91 Å². The molecule has 25 heavy (non-hydrogen) atoms. The minimum atomic E-state index is -1.66. The van der Waals surface area contributed by atoms with E-state index in [1.807, 2.05) is 53.2 Å². The molecule has 0 fully saturated rings. The molecule has 0 bridgehead atoms. The summed E-state index contributed by atoms with van der Waals surface area (Å²) in [4.78, 5) is 14.3. The fourth-order valence-electron chi connectivity index (χ4n) is 3.34. The summed E-state index contributed by atoms with van der Waals surface area (Å²) in [7, 11) is 3.30. The van der Waals surface area contributed by atoms with Crippen LogP contribution < -0.4 is 9.64 Å². The fourth-order valence-corrected chi connectivity index (χ4v) is 3.34. The predicted octanol–water partition coefficient (Wildman–Crippen LogP) is 2.70. The molecule has 1 aliphatic heterocycles. The van der Waals surface area contributed by atoms with Crippen LogP contribution in [0.2, 0.25) is 0 Å². The first-order valence-electron chi connectivity index (χ1n) is 7.98. The number of aliphatic hydroxyl groups is 1. The zero-order chi connectivity index (χ0) is 17.6. The third-order valence-electron chi connectivity index (χ3n) is 4.75. The molecule has 1 amide bonds. The number of carbonyl (C=O) groups excluding carboxylic acids is 1. The largest absolute Gasteiger partial charge is 0.497 e. The smallest absolute Gasteiger partial charge is 0.268 e. The number of benzene rings is 2. The molecule has 4 rings (SSSR count).